The summed E-state index contributed by atoms with van der Waals surface area (Å²) in [6, 6.07) is 18.8. The van der Waals surface area contributed by atoms with Gasteiger partial charge in [0.2, 0.25) is 0 Å². The van der Waals surface area contributed by atoms with Crippen molar-refractivity contribution in [2.45, 2.75) is 11.5 Å². The van der Waals surface area contributed by atoms with Crippen LogP contribution in [0.1, 0.15) is 15.9 Å². The Morgan fingerprint density at radius 3 is 1.93 bits per heavy atom. The number of carbonyl (C=O) groups excluding carboxylic acids is 2. The van der Waals surface area contributed by atoms with Crippen LogP contribution in [0.4, 0.5) is 38.9 Å². The van der Waals surface area contributed by atoms with Crippen molar-refractivity contribution < 1.29 is 97.0 Å². The van der Waals surface area contributed by atoms with Crippen molar-refractivity contribution in [1.82, 2.24) is 0 Å². The van der Waals surface area contributed by atoms with Gasteiger partial charge in [0.1, 0.15) is 15.9 Å². The minimum atomic E-state index is -4.64. The molecule has 2 amide bonds. The largest absolute Gasteiger partial charge is 1.00 e. The van der Waals surface area contributed by atoms with E-state index in [1.165, 1.54) is 36.4 Å². The first-order valence-corrected chi connectivity index (χ1v) is 13.3. The van der Waals surface area contributed by atoms with Crippen LogP contribution in [-0.4, -0.2) is 35.2 Å². The first-order chi connectivity index (χ1) is 20.0. The van der Waals surface area contributed by atoms with Crippen molar-refractivity contribution in [3.05, 3.63) is 96.1 Å². The predicted octanol–water partition coefficient (Wildman–Crippen LogP) is -1.37. The number of urea groups is 1. The Balaban J connectivity index is 0.00000337. The molecule has 4 aromatic carbocycles. The number of benzene rings is 4. The molecule has 4 aromatic rings. The predicted molar refractivity (Wildman–Crippen MR) is 147 cm³/mol. The van der Waals surface area contributed by atoms with E-state index < -0.39 is 44.9 Å². The summed E-state index contributed by atoms with van der Waals surface area (Å²) >= 11 is 0. The third-order valence-corrected chi connectivity index (χ3v) is 6.33. The molecule has 4 N–H and O–H groups in total. The maximum atomic E-state index is 12.5. The summed E-state index contributed by atoms with van der Waals surface area (Å²) in [5.41, 5.74) is 1.64. The molecule has 0 unspecified atom stereocenters. The minimum absolute atomic E-state index is 0. The number of nitrogens with zero attached hydrogens (tertiary/aromatic N) is 4. The summed E-state index contributed by atoms with van der Waals surface area (Å²) < 4.78 is 33.5. The molecule has 0 saturated carbocycles. The number of azo groups is 2. The van der Waals surface area contributed by atoms with E-state index in [0.717, 1.165) is 24.3 Å². The molecular formula is C27H20N6Na2O8S. The van der Waals surface area contributed by atoms with E-state index in [0.29, 0.717) is 28.3 Å². The maximum Gasteiger partial charge on any atom is 1.00 e. The fourth-order valence-corrected chi connectivity index (χ4v) is 3.98. The first kappa shape index (κ1) is 36.7. The fraction of sp³-hybridized carbons (Fsp3) is 0.0370. The van der Waals surface area contributed by atoms with E-state index in [2.05, 4.69) is 31.1 Å². The molecule has 0 radical (unpaired) electrons. The summed E-state index contributed by atoms with van der Waals surface area (Å²) in [6.07, 6.45) is 0. The Morgan fingerprint density at radius 1 is 0.750 bits per heavy atom. The number of aliphatic hydroxyl groups is 1. The van der Waals surface area contributed by atoms with Crippen LogP contribution in [0.5, 0.6) is 5.75 Å². The van der Waals surface area contributed by atoms with Gasteiger partial charge in [0.15, 0.2) is 0 Å². The molecule has 0 aliphatic heterocycles. The summed E-state index contributed by atoms with van der Waals surface area (Å²) in [5, 5.41) is 51.4. The van der Waals surface area contributed by atoms with Gasteiger partial charge < -0.3 is 35.3 Å². The first-order valence-electron chi connectivity index (χ1n) is 11.9. The molecule has 0 heterocycles. The molecule has 14 nitrogen and oxygen atoms in total. The van der Waals surface area contributed by atoms with Crippen LogP contribution in [0.2, 0.25) is 0 Å². The zero-order chi connectivity index (χ0) is 30.3. The Morgan fingerprint density at radius 2 is 1.32 bits per heavy atom. The number of phenols is 1. The van der Waals surface area contributed by atoms with Crippen LogP contribution >= 0.6 is 0 Å². The third kappa shape index (κ3) is 10.3. The number of nitrogens with one attached hydrogen (secondary N) is 2. The molecule has 4 rings (SSSR count). The number of carboxylic acid groups (broad SMARTS) is 1. The average Bonchev–Trinajstić information content (AvgIpc) is 2.96. The summed E-state index contributed by atoms with van der Waals surface area (Å²) in [6.45, 7) is -0.436. The van der Waals surface area contributed by atoms with Gasteiger partial charge in [0.25, 0.3) is 0 Å². The zero-order valence-corrected chi connectivity index (χ0v) is 28.1. The van der Waals surface area contributed by atoms with Crippen LogP contribution in [0, 0.1) is 0 Å². The molecular weight excluding hydrogens is 614 g/mol. The fourth-order valence-electron chi connectivity index (χ4n) is 3.47. The number of carbonyl (C=O) groups is 2. The summed E-state index contributed by atoms with van der Waals surface area (Å²) in [4.78, 5) is 23.1. The number of anilines is 2. The Bertz CT molecular complexity index is 1820. The summed E-state index contributed by atoms with van der Waals surface area (Å²) in [7, 11) is -4.64. The molecule has 0 saturated heterocycles. The van der Waals surface area contributed by atoms with Crippen molar-refractivity contribution in [2.24, 2.45) is 20.5 Å². The quantitative estimate of drug-likeness (QED) is 0.0973. The number of amides is 2. The molecule has 0 spiro atoms. The van der Waals surface area contributed by atoms with E-state index in [1.807, 2.05) is 0 Å². The smallest absolute Gasteiger partial charge is 0.744 e. The average molecular weight is 635 g/mol. The molecule has 0 bridgehead atoms. The number of aromatic hydroxyl groups is 1. The van der Waals surface area contributed by atoms with Gasteiger partial charge in [0.05, 0.1) is 40.2 Å². The monoisotopic (exact) mass is 634 g/mol. The van der Waals surface area contributed by atoms with Crippen molar-refractivity contribution in [2.75, 3.05) is 10.6 Å². The molecule has 0 aromatic heterocycles. The third-order valence-electron chi connectivity index (χ3n) is 5.50. The Hall–Kier alpha value is -3.51. The van der Waals surface area contributed by atoms with Gasteiger partial charge in [-0.1, -0.05) is 6.07 Å². The standard InChI is InChI=1S/C27H22N6O8S.2Na/c34-15-16-12-20(32-31-19-2-1-3-22(13-19)42(39,40)41)8-10-24(16)29-27(38)28-17-4-6-18(7-5-17)30-33-21-9-11-25(35)23(14-21)26(36)37;;/h1-14,34-35H,15H2,(H,36,37)(H2,28,29,38)(H,39,40,41);;/q;2*+1/p-2. The molecule has 0 aliphatic rings. The van der Waals surface area contributed by atoms with Crippen molar-refractivity contribution >= 4 is 56.2 Å². The van der Waals surface area contributed by atoms with E-state index in [4.69, 9.17) is 0 Å². The second kappa shape index (κ2) is 16.5. The summed E-state index contributed by atoms with van der Waals surface area (Å²) in [5.74, 6) is -2.00. The van der Waals surface area contributed by atoms with Gasteiger partial charge in [-0.25, -0.2) is 13.2 Å². The number of aliphatic hydroxyl groups excluding tert-OH is 1. The van der Waals surface area contributed by atoms with Gasteiger partial charge in [-0.3, -0.25) is 0 Å². The zero-order valence-electron chi connectivity index (χ0n) is 23.3. The number of carboxylic acids is 1. The number of rotatable bonds is 9. The maximum absolute atomic E-state index is 12.5. The normalized spacial score (nSPS) is 11.0. The molecule has 214 valence electrons. The van der Waals surface area contributed by atoms with E-state index in [-0.39, 0.29) is 70.5 Å². The second-order valence-electron chi connectivity index (χ2n) is 8.47. The molecule has 0 aliphatic carbocycles. The van der Waals surface area contributed by atoms with Crippen molar-refractivity contribution in [3.8, 4) is 5.75 Å². The van der Waals surface area contributed by atoms with Gasteiger partial charge in [0, 0.05) is 22.5 Å². The van der Waals surface area contributed by atoms with Crippen LogP contribution in [0.15, 0.2) is 110 Å². The van der Waals surface area contributed by atoms with Gasteiger partial charge in [-0.05, 0) is 78.9 Å². The number of aromatic carboxylic acids is 1. The topological polar surface area (TPSA) is 228 Å². The van der Waals surface area contributed by atoms with E-state index >= 15 is 0 Å². The Labute approximate surface area is 295 Å². The minimum Gasteiger partial charge on any atom is -0.744 e. The number of hydrogen-bond donors (Lipinski definition) is 4. The SMILES string of the molecule is O=C(Nc1ccc(N=Nc2ccc(O)c(C(=O)[O-])c2)cc1)Nc1ccc(N=Nc2cccc(S(=O)(=O)[O-])c2)cc1CO.[Na+].[Na+]. The molecule has 0 atom stereocenters. The molecule has 17 heteroatoms. The molecule has 0 fully saturated rings. The second-order valence-corrected chi connectivity index (χ2v) is 9.85. The van der Waals surface area contributed by atoms with Crippen LogP contribution in [-0.2, 0) is 16.7 Å². The van der Waals surface area contributed by atoms with Gasteiger partial charge >= 0.3 is 65.1 Å². The van der Waals surface area contributed by atoms with E-state index in [1.54, 1.807) is 24.3 Å². The van der Waals surface area contributed by atoms with E-state index in [9.17, 15) is 37.9 Å². The molecule has 44 heavy (non-hydrogen) atoms. The van der Waals surface area contributed by atoms with Crippen molar-refractivity contribution in [3.63, 3.8) is 0 Å². The van der Waals surface area contributed by atoms with Crippen LogP contribution in [0.25, 0.3) is 0 Å². The van der Waals surface area contributed by atoms with Crippen molar-refractivity contribution in [1.29, 1.82) is 0 Å². The Kier molecular flexibility index (Phi) is 13.8. The van der Waals surface area contributed by atoms with Gasteiger partial charge in [-0.2, -0.15) is 20.5 Å². The van der Waals surface area contributed by atoms with Gasteiger partial charge in [-0.15, -0.1) is 0 Å². The number of hydrogen-bond acceptors (Lipinski definition) is 12. The van der Waals surface area contributed by atoms with Crippen LogP contribution in [0.3, 0.4) is 0 Å². The van der Waals surface area contributed by atoms with Crippen LogP contribution < -0.4 is 74.9 Å².